The number of hydrogen-bond donors (Lipinski definition) is 1. The first-order valence-corrected chi connectivity index (χ1v) is 10.3. The zero-order valence-electron chi connectivity index (χ0n) is 17.3. The summed E-state index contributed by atoms with van der Waals surface area (Å²) in [5.74, 6) is 0.621. The first kappa shape index (κ1) is 20.1. The van der Waals surface area contributed by atoms with Crippen LogP contribution in [0.3, 0.4) is 0 Å². The monoisotopic (exact) mass is 407 g/mol. The number of aromatic nitrogens is 1. The van der Waals surface area contributed by atoms with E-state index in [0.717, 1.165) is 59.5 Å². The number of methoxy groups -OCH3 is 1. The van der Waals surface area contributed by atoms with Gasteiger partial charge in [-0.25, -0.2) is 4.39 Å². The maximum absolute atomic E-state index is 13.8. The average molecular weight is 407 g/mol. The molecule has 0 aliphatic carbocycles. The second kappa shape index (κ2) is 8.69. The molecule has 0 saturated carbocycles. The van der Waals surface area contributed by atoms with E-state index >= 15 is 0 Å². The van der Waals surface area contributed by atoms with Crippen molar-refractivity contribution in [2.45, 2.75) is 26.3 Å². The van der Waals surface area contributed by atoms with Crippen LogP contribution in [0.15, 0.2) is 48.5 Å². The Balaban J connectivity index is 1.38. The third-order valence-electron chi connectivity index (χ3n) is 5.71. The maximum Gasteiger partial charge on any atom is 0.223 e. The minimum Gasteiger partial charge on any atom is -0.497 e. The normalized spacial score (nSPS) is 14.7. The molecule has 0 bridgehead atoms. The maximum atomic E-state index is 13.8. The number of rotatable bonds is 5. The van der Waals surface area contributed by atoms with Crippen molar-refractivity contribution in [3.05, 3.63) is 65.6 Å². The molecule has 0 spiro atoms. The number of piperidine rings is 1. The molecular weight excluding hydrogens is 381 g/mol. The lowest BCUT2D eigenvalue weighted by atomic mass is 9.95. The Morgan fingerprint density at radius 3 is 2.60 bits per heavy atom. The van der Waals surface area contributed by atoms with Gasteiger partial charge in [0, 0.05) is 42.3 Å². The standard InChI is InChI=1S/C24H26FN3O2/c1-16-13-23(21-14-19(25)5-8-22(21)27-16)28-11-9-18(10-12-28)24(29)26-15-17-3-6-20(30-2)7-4-17/h3-8,13-14,18H,9-12,15H2,1-2H3,(H,26,29). The first-order valence-electron chi connectivity index (χ1n) is 10.3. The van der Waals surface area contributed by atoms with E-state index in [0.29, 0.717) is 6.54 Å². The van der Waals surface area contributed by atoms with Crippen molar-refractivity contribution in [2.24, 2.45) is 5.92 Å². The summed E-state index contributed by atoms with van der Waals surface area (Å²) in [6, 6.07) is 14.4. The van der Waals surface area contributed by atoms with Gasteiger partial charge in [0.2, 0.25) is 5.91 Å². The molecule has 1 fully saturated rings. The summed E-state index contributed by atoms with van der Waals surface area (Å²) < 4.78 is 19.0. The van der Waals surface area contributed by atoms with Gasteiger partial charge < -0.3 is 15.0 Å². The van der Waals surface area contributed by atoms with Gasteiger partial charge in [-0.3, -0.25) is 9.78 Å². The SMILES string of the molecule is COc1ccc(CNC(=O)C2CCN(c3cc(C)nc4ccc(F)cc34)CC2)cc1. The predicted octanol–water partition coefficient (Wildman–Crippen LogP) is 4.22. The van der Waals surface area contributed by atoms with Crippen LogP contribution in [0.4, 0.5) is 10.1 Å². The Kier molecular flexibility index (Phi) is 5.84. The van der Waals surface area contributed by atoms with E-state index in [2.05, 4.69) is 15.2 Å². The Hall–Kier alpha value is -3.15. The summed E-state index contributed by atoms with van der Waals surface area (Å²) in [6.45, 7) is 3.98. The van der Waals surface area contributed by atoms with Crippen LogP contribution in [0.1, 0.15) is 24.1 Å². The highest BCUT2D eigenvalue weighted by Crippen LogP contribution is 2.31. The van der Waals surface area contributed by atoms with Crippen molar-refractivity contribution in [3.63, 3.8) is 0 Å². The van der Waals surface area contributed by atoms with Crippen molar-refractivity contribution in [2.75, 3.05) is 25.1 Å². The van der Waals surface area contributed by atoms with Gasteiger partial charge in [-0.05, 0) is 61.7 Å². The van der Waals surface area contributed by atoms with Gasteiger partial charge in [-0.1, -0.05) is 12.1 Å². The fourth-order valence-electron chi connectivity index (χ4n) is 4.03. The van der Waals surface area contributed by atoms with Gasteiger partial charge in [0.15, 0.2) is 0 Å². The molecule has 1 amide bonds. The lowest BCUT2D eigenvalue weighted by molar-refractivity contribution is -0.125. The number of ether oxygens (including phenoxy) is 1. The summed E-state index contributed by atoms with van der Waals surface area (Å²) in [4.78, 5) is 19.4. The summed E-state index contributed by atoms with van der Waals surface area (Å²) in [5, 5.41) is 3.87. The van der Waals surface area contributed by atoms with Crippen LogP contribution in [-0.4, -0.2) is 31.1 Å². The van der Waals surface area contributed by atoms with Crippen molar-refractivity contribution >= 4 is 22.5 Å². The molecule has 1 saturated heterocycles. The van der Waals surface area contributed by atoms with E-state index in [-0.39, 0.29) is 17.6 Å². The van der Waals surface area contributed by atoms with Gasteiger partial charge in [0.05, 0.1) is 12.6 Å². The molecule has 0 atom stereocenters. The third kappa shape index (κ3) is 4.37. The van der Waals surface area contributed by atoms with Gasteiger partial charge in [-0.15, -0.1) is 0 Å². The van der Waals surface area contributed by atoms with E-state index < -0.39 is 0 Å². The minimum atomic E-state index is -0.262. The van der Waals surface area contributed by atoms with Crippen molar-refractivity contribution in [1.29, 1.82) is 0 Å². The molecule has 1 N–H and O–H groups in total. The Labute approximate surface area is 175 Å². The van der Waals surface area contributed by atoms with Crippen LogP contribution < -0.4 is 15.0 Å². The molecule has 30 heavy (non-hydrogen) atoms. The van der Waals surface area contributed by atoms with Crippen LogP contribution in [0.25, 0.3) is 10.9 Å². The quantitative estimate of drug-likeness (QED) is 0.688. The van der Waals surface area contributed by atoms with Crippen LogP contribution in [0.5, 0.6) is 5.75 Å². The molecule has 5 nitrogen and oxygen atoms in total. The number of fused-ring (bicyclic) bond motifs is 1. The molecule has 1 aromatic heterocycles. The number of amides is 1. The van der Waals surface area contributed by atoms with Crippen LogP contribution in [-0.2, 0) is 11.3 Å². The topological polar surface area (TPSA) is 54.5 Å². The average Bonchev–Trinajstić information content (AvgIpc) is 2.77. The molecule has 0 radical (unpaired) electrons. The molecule has 4 rings (SSSR count). The highest BCUT2D eigenvalue weighted by molar-refractivity contribution is 5.92. The lowest BCUT2D eigenvalue weighted by Gasteiger charge is -2.33. The van der Waals surface area contributed by atoms with Crippen LogP contribution in [0, 0.1) is 18.7 Å². The zero-order valence-corrected chi connectivity index (χ0v) is 17.3. The number of nitrogens with zero attached hydrogens (tertiary/aromatic N) is 2. The second-order valence-electron chi connectivity index (χ2n) is 7.77. The predicted molar refractivity (Wildman–Crippen MR) is 116 cm³/mol. The summed E-state index contributed by atoms with van der Waals surface area (Å²) in [6.07, 6.45) is 1.54. The smallest absolute Gasteiger partial charge is 0.223 e. The van der Waals surface area contributed by atoms with E-state index in [4.69, 9.17) is 4.74 Å². The van der Waals surface area contributed by atoms with Gasteiger partial charge in [0.25, 0.3) is 0 Å². The van der Waals surface area contributed by atoms with Crippen LogP contribution >= 0.6 is 0 Å². The zero-order chi connectivity index (χ0) is 21.1. The molecule has 2 aromatic carbocycles. The van der Waals surface area contributed by atoms with E-state index in [1.165, 1.54) is 6.07 Å². The van der Waals surface area contributed by atoms with Crippen molar-refractivity contribution in [3.8, 4) is 5.75 Å². The molecule has 1 aliphatic heterocycles. The molecular formula is C24H26FN3O2. The third-order valence-corrected chi connectivity index (χ3v) is 5.71. The second-order valence-corrected chi connectivity index (χ2v) is 7.77. The molecule has 2 heterocycles. The highest BCUT2D eigenvalue weighted by atomic mass is 19.1. The fourth-order valence-corrected chi connectivity index (χ4v) is 4.03. The molecule has 6 heteroatoms. The molecule has 0 unspecified atom stereocenters. The number of benzene rings is 2. The number of pyridine rings is 1. The van der Waals surface area contributed by atoms with E-state index in [1.54, 1.807) is 19.2 Å². The van der Waals surface area contributed by atoms with Crippen LogP contribution in [0.2, 0.25) is 0 Å². The Morgan fingerprint density at radius 1 is 1.17 bits per heavy atom. The number of nitrogens with one attached hydrogen (secondary N) is 1. The first-order chi connectivity index (χ1) is 14.5. The van der Waals surface area contributed by atoms with Gasteiger partial charge in [-0.2, -0.15) is 0 Å². The summed E-state index contributed by atoms with van der Waals surface area (Å²) in [5.41, 5.74) is 3.74. The molecule has 156 valence electrons. The molecule has 1 aliphatic rings. The van der Waals surface area contributed by atoms with Crippen molar-refractivity contribution in [1.82, 2.24) is 10.3 Å². The minimum absolute atomic E-state index is 0.00886. The molecule has 3 aromatic rings. The number of carbonyl (C=O) groups is 1. The summed E-state index contributed by atoms with van der Waals surface area (Å²) >= 11 is 0. The highest BCUT2D eigenvalue weighted by Gasteiger charge is 2.26. The van der Waals surface area contributed by atoms with E-state index in [1.807, 2.05) is 37.3 Å². The summed E-state index contributed by atoms with van der Waals surface area (Å²) in [7, 11) is 1.63. The number of halogens is 1. The Bertz CT molecular complexity index is 1040. The fraction of sp³-hybridized carbons (Fsp3) is 0.333. The lowest BCUT2D eigenvalue weighted by Crippen LogP contribution is -2.40. The van der Waals surface area contributed by atoms with Gasteiger partial charge >= 0.3 is 0 Å². The van der Waals surface area contributed by atoms with E-state index in [9.17, 15) is 9.18 Å². The number of aryl methyl sites for hydroxylation is 1. The number of anilines is 1. The van der Waals surface area contributed by atoms with Crippen molar-refractivity contribution < 1.29 is 13.9 Å². The largest absolute Gasteiger partial charge is 0.497 e. The Morgan fingerprint density at radius 2 is 1.90 bits per heavy atom. The number of carbonyl (C=O) groups excluding carboxylic acids is 1. The van der Waals surface area contributed by atoms with Gasteiger partial charge in [0.1, 0.15) is 11.6 Å². The number of hydrogen-bond acceptors (Lipinski definition) is 4.